The summed E-state index contributed by atoms with van der Waals surface area (Å²) < 4.78 is 0. The van der Waals surface area contributed by atoms with Gasteiger partial charge in [0, 0.05) is 11.8 Å². The average molecular weight is 178 g/mol. The fourth-order valence-electron chi connectivity index (χ4n) is 4.30. The van der Waals surface area contributed by atoms with E-state index in [1.165, 1.54) is 12.8 Å². The maximum Gasteiger partial charge on any atom is 0.196 e. The fraction of sp³-hybridized carbons (Fsp3) is 1.00. The first kappa shape index (κ1) is 6.93. The Bertz CT molecular complexity index is 288. The van der Waals surface area contributed by atoms with Gasteiger partial charge in [-0.1, -0.05) is 0 Å². The molecule has 5 aliphatic rings. The van der Waals surface area contributed by atoms with Crippen LogP contribution in [0.5, 0.6) is 0 Å². The average Bonchev–Trinajstić information content (AvgIpc) is 2.77. The zero-order valence-electron chi connectivity index (χ0n) is 7.61. The van der Waals surface area contributed by atoms with Crippen molar-refractivity contribution in [3.63, 3.8) is 0 Å². The summed E-state index contributed by atoms with van der Waals surface area (Å²) in [4.78, 5) is 0. The summed E-state index contributed by atoms with van der Waals surface area (Å²) in [6, 6.07) is 0. The van der Waals surface area contributed by atoms with E-state index in [2.05, 4.69) is 10.2 Å². The van der Waals surface area contributed by atoms with Gasteiger partial charge in [0.05, 0.1) is 5.60 Å². The number of nitrogens with zero attached hydrogens (tertiary/aromatic N) is 2. The molecule has 4 fully saturated rings. The van der Waals surface area contributed by atoms with Crippen LogP contribution in [-0.4, -0.2) is 16.4 Å². The van der Waals surface area contributed by atoms with Crippen molar-refractivity contribution in [1.82, 2.24) is 0 Å². The van der Waals surface area contributed by atoms with Crippen LogP contribution in [-0.2, 0) is 0 Å². The Labute approximate surface area is 77.2 Å². The first-order valence-corrected chi connectivity index (χ1v) is 5.37. The van der Waals surface area contributed by atoms with Gasteiger partial charge in [0.2, 0.25) is 0 Å². The summed E-state index contributed by atoms with van der Waals surface area (Å²) >= 11 is 0. The van der Waals surface area contributed by atoms with E-state index in [1.807, 2.05) is 0 Å². The summed E-state index contributed by atoms with van der Waals surface area (Å²) in [7, 11) is 0. The quantitative estimate of drug-likeness (QED) is 0.603. The van der Waals surface area contributed by atoms with Crippen molar-refractivity contribution in [2.45, 2.75) is 43.4 Å². The van der Waals surface area contributed by atoms with Gasteiger partial charge < -0.3 is 5.11 Å². The lowest BCUT2D eigenvalue weighted by Crippen LogP contribution is -2.58. The molecule has 1 spiro atoms. The van der Waals surface area contributed by atoms with Crippen LogP contribution in [0.3, 0.4) is 0 Å². The second kappa shape index (κ2) is 1.70. The molecule has 0 radical (unpaired) electrons. The molecular weight excluding hydrogens is 164 g/mol. The van der Waals surface area contributed by atoms with Gasteiger partial charge >= 0.3 is 0 Å². The lowest BCUT2D eigenvalue weighted by Gasteiger charge is -2.56. The van der Waals surface area contributed by atoms with Crippen LogP contribution in [0.2, 0.25) is 0 Å². The maximum absolute atomic E-state index is 10.3. The van der Waals surface area contributed by atoms with Gasteiger partial charge in [0.25, 0.3) is 0 Å². The van der Waals surface area contributed by atoms with Crippen LogP contribution in [0.25, 0.3) is 0 Å². The Morgan fingerprint density at radius 3 is 2.08 bits per heavy atom. The molecule has 13 heavy (non-hydrogen) atoms. The number of aliphatic hydroxyl groups is 1. The van der Waals surface area contributed by atoms with E-state index in [-0.39, 0.29) is 11.3 Å². The molecule has 0 aromatic rings. The molecule has 5 rings (SSSR count). The first-order chi connectivity index (χ1) is 6.20. The minimum Gasteiger partial charge on any atom is -0.390 e. The molecule has 4 bridgehead atoms. The van der Waals surface area contributed by atoms with Crippen molar-refractivity contribution in [3.8, 4) is 0 Å². The maximum atomic E-state index is 10.3. The van der Waals surface area contributed by atoms with Crippen molar-refractivity contribution < 1.29 is 5.11 Å². The van der Waals surface area contributed by atoms with Gasteiger partial charge in [-0.2, -0.15) is 10.2 Å². The molecule has 3 heteroatoms. The summed E-state index contributed by atoms with van der Waals surface area (Å²) in [5, 5.41) is 18.8. The van der Waals surface area contributed by atoms with Crippen LogP contribution in [0, 0.1) is 17.8 Å². The standard InChI is InChI=1S/C10H14N2O/c13-9-3-6-1-7(4-9)10(11-12-10)8(2-6)5-9/h6-8,13H,1-5H2/t6?,7-,8+,9?. The number of rotatable bonds is 0. The van der Waals surface area contributed by atoms with Crippen LogP contribution in [0.15, 0.2) is 10.2 Å². The van der Waals surface area contributed by atoms with E-state index >= 15 is 0 Å². The summed E-state index contributed by atoms with van der Waals surface area (Å²) in [6.07, 6.45) is 5.52. The third kappa shape index (κ3) is 0.675. The molecule has 1 N–H and O–H groups in total. The second-order valence-corrected chi connectivity index (χ2v) is 5.55. The minimum absolute atomic E-state index is 0.0170. The van der Waals surface area contributed by atoms with Crippen molar-refractivity contribution in [2.75, 3.05) is 0 Å². The van der Waals surface area contributed by atoms with Gasteiger partial charge in [-0.25, -0.2) is 0 Å². The third-order valence-corrected chi connectivity index (χ3v) is 4.69. The minimum atomic E-state index is -0.324. The summed E-state index contributed by atoms with van der Waals surface area (Å²) in [5.74, 6) is 1.95. The van der Waals surface area contributed by atoms with Crippen LogP contribution in [0.4, 0.5) is 0 Å². The molecular formula is C10H14N2O. The highest BCUT2D eigenvalue weighted by atomic mass is 16.3. The van der Waals surface area contributed by atoms with Gasteiger partial charge in [0.1, 0.15) is 0 Å². The van der Waals surface area contributed by atoms with Crippen LogP contribution in [0.1, 0.15) is 32.1 Å². The largest absolute Gasteiger partial charge is 0.390 e. The molecule has 1 heterocycles. The zero-order valence-corrected chi connectivity index (χ0v) is 7.61. The second-order valence-electron chi connectivity index (χ2n) is 5.55. The highest BCUT2D eigenvalue weighted by molar-refractivity contribution is 5.18. The zero-order chi connectivity index (χ0) is 8.68. The van der Waals surface area contributed by atoms with E-state index < -0.39 is 0 Å². The van der Waals surface area contributed by atoms with E-state index in [4.69, 9.17) is 0 Å². The van der Waals surface area contributed by atoms with Gasteiger partial charge in [-0.15, -0.1) is 0 Å². The van der Waals surface area contributed by atoms with Crippen LogP contribution < -0.4 is 0 Å². The lowest BCUT2D eigenvalue weighted by atomic mass is 9.51. The molecule has 4 saturated carbocycles. The molecule has 0 saturated heterocycles. The normalized spacial score (nSPS) is 59.0. The molecule has 1 aliphatic heterocycles. The SMILES string of the molecule is OC12CC3C[C@H](C1)C1(N=N1)[C@@H](C3)C2. The predicted molar refractivity (Wildman–Crippen MR) is 46.1 cm³/mol. The fourth-order valence-corrected chi connectivity index (χ4v) is 4.30. The Balaban J connectivity index is 1.79. The summed E-state index contributed by atoms with van der Waals surface area (Å²) in [5.41, 5.74) is -0.307. The van der Waals surface area contributed by atoms with E-state index in [9.17, 15) is 5.11 Å². The number of hydrogen-bond donors (Lipinski definition) is 1. The highest BCUT2D eigenvalue weighted by Crippen LogP contribution is 2.65. The molecule has 3 nitrogen and oxygen atoms in total. The molecule has 0 amide bonds. The third-order valence-electron chi connectivity index (χ3n) is 4.69. The van der Waals surface area contributed by atoms with E-state index in [1.54, 1.807) is 0 Å². The van der Waals surface area contributed by atoms with Crippen LogP contribution >= 0.6 is 0 Å². The molecule has 4 atom stereocenters. The lowest BCUT2D eigenvalue weighted by molar-refractivity contribution is -0.143. The Morgan fingerprint density at radius 2 is 1.62 bits per heavy atom. The van der Waals surface area contributed by atoms with Crippen molar-refractivity contribution in [2.24, 2.45) is 28.0 Å². The summed E-state index contributed by atoms with van der Waals surface area (Å²) in [6.45, 7) is 0. The molecule has 4 aliphatic carbocycles. The van der Waals surface area contributed by atoms with E-state index in [0.29, 0.717) is 11.8 Å². The van der Waals surface area contributed by atoms with Crippen molar-refractivity contribution in [3.05, 3.63) is 0 Å². The Morgan fingerprint density at radius 1 is 1.00 bits per heavy atom. The van der Waals surface area contributed by atoms with Gasteiger partial charge in [-0.05, 0) is 38.0 Å². The van der Waals surface area contributed by atoms with Crippen molar-refractivity contribution in [1.29, 1.82) is 0 Å². The highest BCUT2D eigenvalue weighted by Gasteiger charge is 2.66. The van der Waals surface area contributed by atoms with Gasteiger partial charge in [-0.3, -0.25) is 0 Å². The predicted octanol–water partition coefficient (Wildman–Crippen LogP) is 1.72. The van der Waals surface area contributed by atoms with Crippen molar-refractivity contribution >= 4 is 0 Å². The molecule has 70 valence electrons. The Kier molecular flexibility index (Phi) is 0.905. The van der Waals surface area contributed by atoms with Gasteiger partial charge in [0.15, 0.2) is 5.66 Å². The molecule has 0 aromatic heterocycles. The topological polar surface area (TPSA) is 45.0 Å². The molecule has 0 aromatic carbocycles. The monoisotopic (exact) mass is 178 g/mol. The first-order valence-electron chi connectivity index (χ1n) is 5.37. The van der Waals surface area contributed by atoms with E-state index in [0.717, 1.165) is 25.2 Å². The molecule has 2 unspecified atom stereocenters. The smallest absolute Gasteiger partial charge is 0.196 e. The Hall–Kier alpha value is -0.440. The number of hydrogen-bond acceptors (Lipinski definition) is 3.